The molecule has 0 bridgehead atoms. The van der Waals surface area contributed by atoms with Gasteiger partial charge in [0.15, 0.2) is 0 Å². The summed E-state index contributed by atoms with van der Waals surface area (Å²) in [5, 5.41) is 11.5. The molecule has 4 aromatic rings. The minimum Gasteiger partial charge on any atom is -0.268 e. The highest BCUT2D eigenvalue weighted by Gasteiger charge is 2.12. The molecule has 7 heteroatoms. The van der Waals surface area contributed by atoms with Crippen molar-refractivity contribution in [2.75, 3.05) is 0 Å². The maximum atomic E-state index is 13.3. The van der Waals surface area contributed by atoms with E-state index in [1.165, 1.54) is 12.1 Å². The van der Waals surface area contributed by atoms with E-state index in [0.717, 1.165) is 10.0 Å². The Labute approximate surface area is 180 Å². The van der Waals surface area contributed by atoms with Crippen LogP contribution in [0.15, 0.2) is 76.0 Å². The monoisotopic (exact) mass is 461 g/mol. The lowest BCUT2D eigenvalue weighted by Crippen LogP contribution is -2.22. The molecule has 0 aliphatic carbocycles. The normalized spacial score (nSPS) is 11.3. The zero-order valence-electron chi connectivity index (χ0n) is 15.9. The number of fused-ring (bicyclic) bond motifs is 1. The zero-order chi connectivity index (χ0) is 21.3. The minimum atomic E-state index is -0.438. The summed E-state index contributed by atoms with van der Waals surface area (Å²) in [5.41, 5.74) is 2.75. The Morgan fingerprint density at radius 2 is 1.83 bits per heavy atom. The van der Waals surface area contributed by atoms with Crippen molar-refractivity contribution >= 4 is 44.7 Å². The number of benzene rings is 3. The summed E-state index contributed by atoms with van der Waals surface area (Å²) in [5.74, 6) is 0.437. The van der Waals surface area contributed by atoms with Gasteiger partial charge < -0.3 is 0 Å². The van der Waals surface area contributed by atoms with Gasteiger partial charge in [-0.2, -0.15) is 0 Å². The summed E-state index contributed by atoms with van der Waals surface area (Å²) >= 11 is 3.41. The van der Waals surface area contributed by atoms with E-state index >= 15 is 0 Å². The highest BCUT2D eigenvalue weighted by molar-refractivity contribution is 9.10. The van der Waals surface area contributed by atoms with E-state index in [1.54, 1.807) is 41.0 Å². The molecule has 0 atom stereocenters. The number of hydrogen-bond acceptors (Lipinski definition) is 4. The van der Waals surface area contributed by atoms with Crippen LogP contribution in [0, 0.1) is 17.0 Å². The Morgan fingerprint density at radius 3 is 2.60 bits per heavy atom. The molecule has 0 fully saturated rings. The molecular formula is C23H16BrN3O3. The molecule has 1 aromatic heterocycles. The third kappa shape index (κ3) is 3.92. The number of nitro benzene ring substituents is 1. The number of aromatic nitrogens is 2. The van der Waals surface area contributed by atoms with Crippen LogP contribution >= 0.6 is 15.9 Å². The van der Waals surface area contributed by atoms with E-state index in [2.05, 4.69) is 20.9 Å². The SMILES string of the molecule is Cc1cccc(-n2c(C=Cc3cccc([N+](=O)[O-])c3)nc3ccc(Br)cc3c2=O)c1. The van der Waals surface area contributed by atoms with Crippen molar-refractivity contribution in [2.24, 2.45) is 0 Å². The van der Waals surface area contributed by atoms with Crippen LogP contribution in [-0.4, -0.2) is 14.5 Å². The van der Waals surface area contributed by atoms with Crippen LogP contribution in [0.25, 0.3) is 28.7 Å². The summed E-state index contributed by atoms with van der Waals surface area (Å²) in [6, 6.07) is 19.3. The van der Waals surface area contributed by atoms with Crippen LogP contribution in [-0.2, 0) is 0 Å². The number of aryl methyl sites for hydroxylation is 1. The van der Waals surface area contributed by atoms with Gasteiger partial charge in [-0.25, -0.2) is 4.98 Å². The van der Waals surface area contributed by atoms with Crippen molar-refractivity contribution in [3.63, 3.8) is 0 Å². The Bertz CT molecular complexity index is 1380. The summed E-state index contributed by atoms with van der Waals surface area (Å²) in [7, 11) is 0. The first-order chi connectivity index (χ1) is 14.4. The van der Waals surface area contributed by atoms with Gasteiger partial charge in [-0.05, 0) is 54.5 Å². The molecule has 0 spiro atoms. The van der Waals surface area contributed by atoms with Crippen molar-refractivity contribution in [3.8, 4) is 5.69 Å². The van der Waals surface area contributed by atoms with Crippen LogP contribution in [0.1, 0.15) is 17.0 Å². The van der Waals surface area contributed by atoms with Gasteiger partial charge in [-0.15, -0.1) is 0 Å². The number of non-ortho nitro benzene ring substituents is 1. The fourth-order valence-electron chi connectivity index (χ4n) is 3.22. The van der Waals surface area contributed by atoms with E-state index in [4.69, 9.17) is 0 Å². The lowest BCUT2D eigenvalue weighted by Gasteiger charge is -2.12. The molecule has 0 radical (unpaired) electrons. The molecule has 0 aliphatic rings. The zero-order valence-corrected chi connectivity index (χ0v) is 17.5. The van der Waals surface area contributed by atoms with Crippen molar-refractivity contribution in [2.45, 2.75) is 6.92 Å². The van der Waals surface area contributed by atoms with Crippen LogP contribution < -0.4 is 5.56 Å². The molecule has 30 heavy (non-hydrogen) atoms. The summed E-state index contributed by atoms with van der Waals surface area (Å²) < 4.78 is 2.35. The van der Waals surface area contributed by atoms with E-state index in [9.17, 15) is 14.9 Å². The second kappa shape index (κ2) is 8.04. The average molecular weight is 462 g/mol. The third-order valence-electron chi connectivity index (χ3n) is 4.62. The molecule has 4 rings (SSSR count). The van der Waals surface area contributed by atoms with Crippen LogP contribution in [0.3, 0.4) is 0 Å². The molecule has 148 valence electrons. The van der Waals surface area contributed by atoms with Gasteiger partial charge in [-0.1, -0.05) is 46.3 Å². The first-order valence-corrected chi connectivity index (χ1v) is 9.93. The number of nitro groups is 1. The van der Waals surface area contributed by atoms with E-state index in [-0.39, 0.29) is 11.2 Å². The van der Waals surface area contributed by atoms with Crippen LogP contribution in [0.5, 0.6) is 0 Å². The fourth-order valence-corrected chi connectivity index (χ4v) is 3.58. The number of nitrogens with zero attached hydrogens (tertiary/aromatic N) is 3. The molecule has 0 unspecified atom stereocenters. The lowest BCUT2D eigenvalue weighted by molar-refractivity contribution is -0.384. The molecule has 0 amide bonds. The quantitative estimate of drug-likeness (QED) is 0.295. The van der Waals surface area contributed by atoms with Gasteiger partial charge in [-0.3, -0.25) is 19.5 Å². The Balaban J connectivity index is 1.93. The third-order valence-corrected chi connectivity index (χ3v) is 5.12. The molecule has 3 aromatic carbocycles. The van der Waals surface area contributed by atoms with E-state index in [0.29, 0.717) is 28.0 Å². The van der Waals surface area contributed by atoms with E-state index in [1.807, 2.05) is 37.3 Å². The highest BCUT2D eigenvalue weighted by atomic mass is 79.9. The van der Waals surface area contributed by atoms with Gasteiger partial charge in [0, 0.05) is 16.6 Å². The Hall–Kier alpha value is -3.58. The summed E-state index contributed by atoms with van der Waals surface area (Å²) in [4.78, 5) is 28.6. The molecule has 1 heterocycles. The van der Waals surface area contributed by atoms with Crippen LogP contribution in [0.4, 0.5) is 5.69 Å². The Kier molecular flexibility index (Phi) is 5.29. The van der Waals surface area contributed by atoms with Gasteiger partial charge in [0.2, 0.25) is 0 Å². The second-order valence-electron chi connectivity index (χ2n) is 6.80. The molecule has 6 nitrogen and oxygen atoms in total. The smallest absolute Gasteiger partial charge is 0.268 e. The lowest BCUT2D eigenvalue weighted by atomic mass is 10.1. The molecular weight excluding hydrogens is 446 g/mol. The largest absolute Gasteiger partial charge is 0.270 e. The summed E-state index contributed by atoms with van der Waals surface area (Å²) in [6.45, 7) is 1.96. The van der Waals surface area contributed by atoms with Crippen molar-refractivity contribution in [1.29, 1.82) is 0 Å². The first kappa shape index (κ1) is 19.7. The molecule has 0 saturated heterocycles. The molecule has 0 saturated carbocycles. The number of rotatable bonds is 4. The van der Waals surface area contributed by atoms with E-state index < -0.39 is 4.92 Å². The molecule has 0 aliphatic heterocycles. The topological polar surface area (TPSA) is 78.0 Å². The maximum absolute atomic E-state index is 13.3. The van der Waals surface area contributed by atoms with Gasteiger partial charge in [0.05, 0.1) is 21.5 Å². The minimum absolute atomic E-state index is 0.00421. The Morgan fingerprint density at radius 1 is 1.03 bits per heavy atom. The number of halogens is 1. The van der Waals surface area contributed by atoms with Gasteiger partial charge in [0.1, 0.15) is 5.82 Å². The van der Waals surface area contributed by atoms with Crippen molar-refractivity contribution in [3.05, 3.63) is 109 Å². The first-order valence-electron chi connectivity index (χ1n) is 9.14. The maximum Gasteiger partial charge on any atom is 0.270 e. The summed E-state index contributed by atoms with van der Waals surface area (Å²) in [6.07, 6.45) is 3.41. The van der Waals surface area contributed by atoms with Gasteiger partial charge >= 0.3 is 0 Å². The van der Waals surface area contributed by atoms with Crippen molar-refractivity contribution < 1.29 is 4.92 Å². The van der Waals surface area contributed by atoms with Crippen molar-refractivity contribution in [1.82, 2.24) is 9.55 Å². The average Bonchev–Trinajstić information content (AvgIpc) is 2.73. The second-order valence-corrected chi connectivity index (χ2v) is 7.71. The number of hydrogen-bond donors (Lipinski definition) is 0. The predicted octanol–water partition coefficient (Wildman–Crippen LogP) is 5.54. The molecule has 0 N–H and O–H groups in total. The highest BCUT2D eigenvalue weighted by Crippen LogP contribution is 2.20. The standard InChI is InChI=1S/C23H16BrN3O3/c1-15-4-2-6-18(12-15)26-22(11-8-16-5-3-7-19(13-16)27(29)30)25-21-10-9-17(24)14-20(21)23(26)28/h2-14H,1H3. The fraction of sp³-hybridized carbons (Fsp3) is 0.0435. The predicted molar refractivity (Wildman–Crippen MR) is 122 cm³/mol. The van der Waals surface area contributed by atoms with Gasteiger partial charge in [0.25, 0.3) is 11.2 Å². The van der Waals surface area contributed by atoms with Crippen LogP contribution in [0.2, 0.25) is 0 Å².